The van der Waals surface area contributed by atoms with Crippen molar-refractivity contribution in [3.63, 3.8) is 0 Å². The zero-order valence-electron chi connectivity index (χ0n) is 16.5. The summed E-state index contributed by atoms with van der Waals surface area (Å²) in [6.45, 7) is -0.845. The van der Waals surface area contributed by atoms with Crippen LogP contribution in [-0.2, 0) is 6.54 Å². The highest BCUT2D eigenvalue weighted by Crippen LogP contribution is 2.29. The maximum Gasteiger partial charge on any atom is 0.422 e. The lowest BCUT2D eigenvalue weighted by atomic mass is 10.2. The van der Waals surface area contributed by atoms with Crippen LogP contribution in [0.4, 0.5) is 13.2 Å². The summed E-state index contributed by atoms with van der Waals surface area (Å²) in [4.78, 5) is 8.71. The Morgan fingerprint density at radius 2 is 2.00 bits per heavy atom. The number of benzene rings is 1. The molecule has 0 saturated carbocycles. The molecule has 3 rings (SSSR count). The van der Waals surface area contributed by atoms with E-state index < -0.39 is 18.9 Å². The first-order valence-electron chi connectivity index (χ1n) is 9.09. The van der Waals surface area contributed by atoms with Crippen molar-refractivity contribution < 1.29 is 23.0 Å². The molecule has 0 spiro atoms. The summed E-state index contributed by atoms with van der Waals surface area (Å²) in [5.74, 6) is 0.347. The number of aliphatic hydroxyl groups excluding tert-OH is 1. The number of aromatic nitrogens is 1. The number of hydrogen-bond donors (Lipinski definition) is 3. The number of hydrogen-bond acceptors (Lipinski definition) is 5. The van der Waals surface area contributed by atoms with Gasteiger partial charge in [-0.2, -0.15) is 13.2 Å². The summed E-state index contributed by atoms with van der Waals surface area (Å²) >= 11 is 1.53. The molecule has 1 aromatic carbocycles. The van der Waals surface area contributed by atoms with Gasteiger partial charge in [-0.1, -0.05) is 18.2 Å². The number of halogens is 4. The van der Waals surface area contributed by atoms with Gasteiger partial charge in [-0.15, -0.1) is 35.3 Å². The van der Waals surface area contributed by atoms with E-state index in [1.807, 2.05) is 30.3 Å². The minimum Gasteiger partial charge on any atom is -0.468 e. The van der Waals surface area contributed by atoms with Crippen molar-refractivity contribution in [2.45, 2.75) is 18.8 Å². The number of nitrogens with zero attached hydrogens (tertiary/aromatic N) is 2. The molecule has 1 atom stereocenters. The average molecular weight is 566 g/mol. The maximum atomic E-state index is 12.3. The molecule has 2 heterocycles. The van der Waals surface area contributed by atoms with Crippen LogP contribution in [0, 0.1) is 0 Å². The van der Waals surface area contributed by atoms with Crippen LogP contribution in [0.3, 0.4) is 0 Å². The second-order valence-electron chi connectivity index (χ2n) is 6.42. The van der Waals surface area contributed by atoms with Gasteiger partial charge in [0, 0.05) is 42.0 Å². The highest BCUT2D eigenvalue weighted by atomic mass is 127. The molecule has 0 aliphatic rings. The molecule has 0 aliphatic carbocycles. The molecular weight excluding hydrogens is 544 g/mol. The molecule has 168 valence electrons. The fourth-order valence-corrected chi connectivity index (χ4v) is 3.71. The van der Waals surface area contributed by atoms with E-state index in [2.05, 4.69) is 25.3 Å². The number of fused-ring (bicyclic) bond motifs is 1. The molecule has 0 saturated heterocycles. The number of alkyl halides is 3. The molecular formula is C20H22F3IN4O2S. The van der Waals surface area contributed by atoms with E-state index in [0.29, 0.717) is 18.1 Å². The number of rotatable bonds is 7. The molecule has 0 bridgehead atoms. The summed E-state index contributed by atoms with van der Waals surface area (Å²) < 4.78 is 42.6. The zero-order valence-corrected chi connectivity index (χ0v) is 19.7. The van der Waals surface area contributed by atoms with Crippen molar-refractivity contribution in [3.05, 3.63) is 59.1 Å². The van der Waals surface area contributed by atoms with Crippen molar-refractivity contribution in [1.82, 2.24) is 15.6 Å². The number of thiophene rings is 1. The molecule has 3 aromatic rings. The normalized spacial score (nSPS) is 12.9. The van der Waals surface area contributed by atoms with E-state index in [1.54, 1.807) is 13.1 Å². The Morgan fingerprint density at radius 3 is 2.71 bits per heavy atom. The van der Waals surface area contributed by atoms with E-state index in [0.717, 1.165) is 15.0 Å². The average Bonchev–Trinajstić information content (AvgIpc) is 3.16. The molecule has 0 fully saturated rings. The molecule has 1 unspecified atom stereocenters. The van der Waals surface area contributed by atoms with Gasteiger partial charge in [0.25, 0.3) is 0 Å². The number of guanidine groups is 1. The minimum absolute atomic E-state index is 0. The first-order valence-corrected chi connectivity index (χ1v) is 9.91. The third-order valence-corrected chi connectivity index (χ3v) is 5.32. The quantitative estimate of drug-likeness (QED) is 0.227. The molecule has 11 heteroatoms. The zero-order chi connectivity index (χ0) is 21.6. The minimum atomic E-state index is -4.42. The van der Waals surface area contributed by atoms with Crippen molar-refractivity contribution in [2.24, 2.45) is 4.99 Å². The van der Waals surface area contributed by atoms with Crippen LogP contribution in [0.5, 0.6) is 5.88 Å². The molecule has 0 radical (unpaired) electrons. The van der Waals surface area contributed by atoms with Crippen LogP contribution in [0.2, 0.25) is 0 Å². The topological polar surface area (TPSA) is 78.8 Å². The number of aliphatic hydroxyl groups is 1. The van der Waals surface area contributed by atoms with Crippen LogP contribution >= 0.6 is 35.3 Å². The Labute approximate surface area is 198 Å². The summed E-state index contributed by atoms with van der Waals surface area (Å²) in [5.41, 5.74) is 0.676. The van der Waals surface area contributed by atoms with E-state index >= 15 is 0 Å². The third kappa shape index (κ3) is 7.82. The summed E-state index contributed by atoms with van der Waals surface area (Å²) in [6.07, 6.45) is -3.74. The number of pyridine rings is 1. The summed E-state index contributed by atoms with van der Waals surface area (Å²) in [5, 5.41) is 17.6. The maximum absolute atomic E-state index is 12.3. The largest absolute Gasteiger partial charge is 0.468 e. The Morgan fingerprint density at radius 1 is 1.23 bits per heavy atom. The molecule has 3 N–H and O–H groups in total. The monoisotopic (exact) mass is 566 g/mol. The third-order valence-electron chi connectivity index (χ3n) is 4.10. The van der Waals surface area contributed by atoms with Crippen LogP contribution in [0.25, 0.3) is 10.1 Å². The smallest absolute Gasteiger partial charge is 0.422 e. The van der Waals surface area contributed by atoms with Crippen molar-refractivity contribution in [3.8, 4) is 5.88 Å². The first-order chi connectivity index (χ1) is 14.3. The van der Waals surface area contributed by atoms with Gasteiger partial charge >= 0.3 is 6.18 Å². The van der Waals surface area contributed by atoms with Gasteiger partial charge in [0.15, 0.2) is 12.6 Å². The van der Waals surface area contributed by atoms with Gasteiger partial charge < -0.3 is 20.5 Å². The molecule has 6 nitrogen and oxygen atoms in total. The molecule has 0 amide bonds. The van der Waals surface area contributed by atoms with Gasteiger partial charge in [-0.05, 0) is 29.1 Å². The van der Waals surface area contributed by atoms with Crippen LogP contribution in [0.15, 0.2) is 53.7 Å². The Balaban J connectivity index is 0.00000341. The fourth-order valence-electron chi connectivity index (χ4n) is 2.66. The highest BCUT2D eigenvalue weighted by molar-refractivity contribution is 14.0. The Bertz CT molecular complexity index is 980. The van der Waals surface area contributed by atoms with Gasteiger partial charge in [-0.25, -0.2) is 4.98 Å². The van der Waals surface area contributed by atoms with E-state index in [9.17, 15) is 18.3 Å². The van der Waals surface area contributed by atoms with Crippen molar-refractivity contribution >= 4 is 51.4 Å². The molecule has 31 heavy (non-hydrogen) atoms. The van der Waals surface area contributed by atoms with Crippen molar-refractivity contribution in [2.75, 3.05) is 20.2 Å². The lowest BCUT2D eigenvalue weighted by molar-refractivity contribution is -0.154. The first kappa shape index (κ1) is 25.1. The number of ether oxygens (including phenoxy) is 1. The summed E-state index contributed by atoms with van der Waals surface area (Å²) in [7, 11) is 1.59. The van der Waals surface area contributed by atoms with Crippen LogP contribution in [0.1, 0.15) is 16.5 Å². The second kappa shape index (κ2) is 11.5. The highest BCUT2D eigenvalue weighted by Gasteiger charge is 2.28. The van der Waals surface area contributed by atoms with E-state index in [1.165, 1.54) is 23.6 Å². The van der Waals surface area contributed by atoms with Crippen molar-refractivity contribution in [1.29, 1.82) is 0 Å². The SMILES string of the molecule is CN=C(NCc1ccnc(OCC(F)(F)F)c1)NCC(O)c1cc2ccccc2s1.I. The Kier molecular flexibility index (Phi) is 9.32. The van der Waals surface area contributed by atoms with E-state index in [4.69, 9.17) is 0 Å². The van der Waals surface area contributed by atoms with Gasteiger partial charge in [0.1, 0.15) is 6.10 Å². The van der Waals surface area contributed by atoms with Crippen LogP contribution in [-0.4, -0.2) is 42.4 Å². The van der Waals surface area contributed by atoms with E-state index in [-0.39, 0.29) is 36.4 Å². The van der Waals surface area contributed by atoms with Gasteiger partial charge in [-0.3, -0.25) is 4.99 Å². The predicted molar refractivity (Wildman–Crippen MR) is 126 cm³/mol. The lowest BCUT2D eigenvalue weighted by Crippen LogP contribution is -2.38. The standard InChI is InChI=1S/C20H21F3N4O2S.HI/c1-24-19(26-10-13-6-7-25-18(8-13)29-12-20(21,22)23)27-11-15(28)17-9-14-4-2-3-5-16(14)30-17;/h2-9,15,28H,10-12H2,1H3,(H2,24,26,27);1H. The molecule has 2 aromatic heterocycles. The van der Waals surface area contributed by atoms with Crippen LogP contribution < -0.4 is 15.4 Å². The molecule has 0 aliphatic heterocycles. The lowest BCUT2D eigenvalue weighted by Gasteiger charge is -2.15. The predicted octanol–water partition coefficient (Wildman–Crippen LogP) is 4.25. The summed E-state index contributed by atoms with van der Waals surface area (Å²) in [6, 6.07) is 13.0. The number of aliphatic imine (C=N–C) groups is 1. The fraction of sp³-hybridized carbons (Fsp3) is 0.300. The van der Waals surface area contributed by atoms with Gasteiger partial charge in [0.05, 0.1) is 0 Å². The second-order valence-corrected chi connectivity index (χ2v) is 7.53. The Hall–Kier alpha value is -2.12. The number of nitrogens with one attached hydrogen (secondary N) is 2. The van der Waals surface area contributed by atoms with Gasteiger partial charge in [0.2, 0.25) is 5.88 Å².